The fourth-order valence-electron chi connectivity index (χ4n) is 1.02. The average Bonchev–Trinajstić information content (AvgIpc) is 2.04. The third kappa shape index (κ3) is 1.71. The van der Waals surface area contributed by atoms with Gasteiger partial charge < -0.3 is 10.8 Å². The Labute approximate surface area is 66.7 Å². The molecule has 0 saturated carbocycles. The van der Waals surface area contributed by atoms with Crippen molar-refractivity contribution in [2.45, 2.75) is 19.4 Å². The van der Waals surface area contributed by atoms with Gasteiger partial charge in [-0.25, -0.2) is 0 Å². The van der Waals surface area contributed by atoms with Gasteiger partial charge in [0.25, 0.3) is 0 Å². The Kier molecular flexibility index (Phi) is 2.49. The summed E-state index contributed by atoms with van der Waals surface area (Å²) in [6.45, 7) is 2.00. The van der Waals surface area contributed by atoms with Gasteiger partial charge in [-0.05, 0) is 12.5 Å². The summed E-state index contributed by atoms with van der Waals surface area (Å²) in [6, 6.07) is 7.14. The van der Waals surface area contributed by atoms with Gasteiger partial charge in [-0.2, -0.15) is 0 Å². The maximum Gasteiger partial charge on any atom is 0.120 e. The predicted octanol–water partition coefficient (Wildman–Crippen LogP) is 1.80. The molecule has 0 saturated heterocycles. The van der Waals surface area contributed by atoms with Gasteiger partial charge in [0.15, 0.2) is 0 Å². The highest BCUT2D eigenvalue weighted by Crippen LogP contribution is 2.23. The van der Waals surface area contributed by atoms with Crippen LogP contribution in [0.5, 0.6) is 5.75 Å². The number of hydrogen-bond donors (Lipinski definition) is 2. The van der Waals surface area contributed by atoms with Crippen LogP contribution in [0.3, 0.4) is 0 Å². The van der Waals surface area contributed by atoms with Crippen LogP contribution in [0.15, 0.2) is 24.3 Å². The Morgan fingerprint density at radius 1 is 1.45 bits per heavy atom. The summed E-state index contributed by atoms with van der Waals surface area (Å²) in [7, 11) is 0. The molecule has 2 heteroatoms. The van der Waals surface area contributed by atoms with Crippen molar-refractivity contribution in [3.05, 3.63) is 29.8 Å². The van der Waals surface area contributed by atoms with E-state index in [0.29, 0.717) is 5.75 Å². The molecule has 0 radical (unpaired) electrons. The van der Waals surface area contributed by atoms with Crippen LogP contribution in [0.1, 0.15) is 24.9 Å². The van der Waals surface area contributed by atoms with Crippen LogP contribution in [0.25, 0.3) is 0 Å². The van der Waals surface area contributed by atoms with E-state index in [1.54, 1.807) is 12.1 Å². The molecule has 0 heterocycles. The molecule has 0 fully saturated rings. The topological polar surface area (TPSA) is 46.2 Å². The van der Waals surface area contributed by atoms with E-state index in [0.717, 1.165) is 12.0 Å². The lowest BCUT2D eigenvalue weighted by molar-refractivity contribution is 0.460. The van der Waals surface area contributed by atoms with Gasteiger partial charge in [-0.15, -0.1) is 0 Å². The Morgan fingerprint density at radius 2 is 2.09 bits per heavy atom. The van der Waals surface area contributed by atoms with Crippen molar-refractivity contribution in [3.8, 4) is 5.75 Å². The highest BCUT2D eigenvalue weighted by Gasteiger charge is 2.06. The predicted molar refractivity (Wildman–Crippen MR) is 45.3 cm³/mol. The monoisotopic (exact) mass is 151 g/mol. The van der Waals surface area contributed by atoms with Crippen molar-refractivity contribution >= 4 is 0 Å². The number of nitrogens with two attached hydrogens (primary N) is 1. The summed E-state index contributed by atoms with van der Waals surface area (Å²) in [4.78, 5) is 0. The Balaban J connectivity index is 2.93. The van der Waals surface area contributed by atoms with E-state index in [9.17, 15) is 5.11 Å². The van der Waals surface area contributed by atoms with Crippen LogP contribution < -0.4 is 5.73 Å². The van der Waals surface area contributed by atoms with Crippen LogP contribution in [0.4, 0.5) is 0 Å². The second kappa shape index (κ2) is 3.39. The fraction of sp³-hybridized carbons (Fsp3) is 0.333. The second-order valence-electron chi connectivity index (χ2n) is 2.57. The standard InChI is InChI=1S/C9H13NO/c1-2-8(10)7-5-3-4-6-9(7)11/h3-6,8,11H,2,10H2,1H3/t8-/m0/s1. The average molecular weight is 151 g/mol. The van der Waals surface area contributed by atoms with Crippen LogP contribution in [0.2, 0.25) is 0 Å². The highest BCUT2D eigenvalue weighted by molar-refractivity contribution is 5.34. The maximum absolute atomic E-state index is 9.33. The summed E-state index contributed by atoms with van der Waals surface area (Å²) in [6.07, 6.45) is 0.845. The third-order valence-corrected chi connectivity index (χ3v) is 1.78. The van der Waals surface area contributed by atoms with Crippen molar-refractivity contribution in [2.24, 2.45) is 5.73 Å². The zero-order chi connectivity index (χ0) is 8.27. The summed E-state index contributed by atoms with van der Waals surface area (Å²) in [5, 5.41) is 9.33. The lowest BCUT2D eigenvalue weighted by Gasteiger charge is -2.09. The minimum absolute atomic E-state index is 0.0452. The van der Waals surface area contributed by atoms with Gasteiger partial charge in [0.05, 0.1) is 0 Å². The van der Waals surface area contributed by atoms with E-state index in [2.05, 4.69) is 0 Å². The number of phenols is 1. The van der Waals surface area contributed by atoms with Gasteiger partial charge in [-0.1, -0.05) is 25.1 Å². The molecule has 11 heavy (non-hydrogen) atoms. The molecule has 0 aliphatic heterocycles. The first-order valence-corrected chi connectivity index (χ1v) is 3.79. The molecule has 1 aromatic carbocycles. The van der Waals surface area contributed by atoms with Gasteiger partial charge in [0.2, 0.25) is 0 Å². The molecule has 60 valence electrons. The number of aromatic hydroxyl groups is 1. The molecule has 0 unspecified atom stereocenters. The summed E-state index contributed by atoms with van der Waals surface area (Å²) in [5.74, 6) is 0.293. The Morgan fingerprint density at radius 3 is 2.64 bits per heavy atom. The lowest BCUT2D eigenvalue weighted by atomic mass is 10.0. The van der Waals surface area contributed by atoms with Gasteiger partial charge in [0.1, 0.15) is 5.75 Å². The molecule has 1 atom stereocenters. The van der Waals surface area contributed by atoms with Crippen LogP contribution in [-0.4, -0.2) is 5.11 Å². The molecule has 0 spiro atoms. The smallest absolute Gasteiger partial charge is 0.120 e. The SMILES string of the molecule is CC[C@H](N)c1ccccc1O. The maximum atomic E-state index is 9.33. The first kappa shape index (κ1) is 8.08. The van der Waals surface area contributed by atoms with E-state index in [4.69, 9.17) is 5.73 Å². The number of phenolic OH excluding ortho intramolecular Hbond substituents is 1. The molecule has 0 aliphatic carbocycles. The van der Waals surface area contributed by atoms with E-state index < -0.39 is 0 Å². The van der Waals surface area contributed by atoms with E-state index >= 15 is 0 Å². The van der Waals surface area contributed by atoms with Crippen molar-refractivity contribution < 1.29 is 5.11 Å². The summed E-state index contributed by atoms with van der Waals surface area (Å²) in [5.41, 5.74) is 6.56. The number of para-hydroxylation sites is 1. The van der Waals surface area contributed by atoms with E-state index in [1.807, 2.05) is 19.1 Å². The molecule has 0 aromatic heterocycles. The van der Waals surface area contributed by atoms with Gasteiger partial charge >= 0.3 is 0 Å². The zero-order valence-corrected chi connectivity index (χ0v) is 6.62. The van der Waals surface area contributed by atoms with Gasteiger partial charge in [0, 0.05) is 11.6 Å². The van der Waals surface area contributed by atoms with Crippen molar-refractivity contribution in [3.63, 3.8) is 0 Å². The van der Waals surface area contributed by atoms with Crippen LogP contribution >= 0.6 is 0 Å². The molecule has 2 nitrogen and oxygen atoms in total. The first-order valence-electron chi connectivity index (χ1n) is 3.79. The first-order chi connectivity index (χ1) is 5.25. The molecule has 0 amide bonds. The minimum atomic E-state index is -0.0452. The van der Waals surface area contributed by atoms with E-state index in [1.165, 1.54) is 0 Å². The second-order valence-corrected chi connectivity index (χ2v) is 2.57. The molecule has 1 rings (SSSR count). The van der Waals surface area contributed by atoms with Crippen LogP contribution in [0, 0.1) is 0 Å². The zero-order valence-electron chi connectivity index (χ0n) is 6.62. The normalized spacial score (nSPS) is 12.9. The van der Waals surface area contributed by atoms with Gasteiger partial charge in [-0.3, -0.25) is 0 Å². The highest BCUT2D eigenvalue weighted by atomic mass is 16.3. The summed E-state index contributed by atoms with van der Waals surface area (Å²) < 4.78 is 0. The van der Waals surface area contributed by atoms with E-state index in [-0.39, 0.29) is 6.04 Å². The van der Waals surface area contributed by atoms with Crippen molar-refractivity contribution in [1.82, 2.24) is 0 Å². The lowest BCUT2D eigenvalue weighted by Crippen LogP contribution is -2.08. The number of hydrogen-bond acceptors (Lipinski definition) is 2. The fourth-order valence-corrected chi connectivity index (χ4v) is 1.02. The number of rotatable bonds is 2. The largest absolute Gasteiger partial charge is 0.508 e. The molecular formula is C9H13NO. The van der Waals surface area contributed by atoms with Crippen molar-refractivity contribution in [2.75, 3.05) is 0 Å². The van der Waals surface area contributed by atoms with Crippen molar-refractivity contribution in [1.29, 1.82) is 0 Å². The third-order valence-electron chi connectivity index (χ3n) is 1.78. The minimum Gasteiger partial charge on any atom is -0.508 e. The van der Waals surface area contributed by atoms with Crippen LogP contribution in [-0.2, 0) is 0 Å². The molecular weight excluding hydrogens is 138 g/mol. The molecule has 0 bridgehead atoms. The molecule has 0 aliphatic rings. The molecule has 1 aromatic rings. The molecule has 3 N–H and O–H groups in total. The Bertz CT molecular complexity index is 235. The number of benzene rings is 1. The summed E-state index contributed by atoms with van der Waals surface area (Å²) >= 11 is 0. The quantitative estimate of drug-likeness (QED) is 0.677. The Hall–Kier alpha value is -1.02.